The maximum atomic E-state index is 10.7. The van der Waals surface area contributed by atoms with Crippen molar-refractivity contribution in [2.24, 2.45) is 0 Å². The minimum atomic E-state index is -0.855. The highest BCUT2D eigenvalue weighted by Crippen LogP contribution is 2.13. The first kappa shape index (κ1) is 11.3. The minimum Gasteiger partial charge on any atom is -0.480 e. The van der Waals surface area contributed by atoms with Gasteiger partial charge in [-0.25, -0.2) is 0 Å². The number of hydrogen-bond acceptors (Lipinski definition) is 3. The van der Waals surface area contributed by atoms with E-state index < -0.39 is 11.2 Å². The van der Waals surface area contributed by atoms with Crippen LogP contribution in [0.3, 0.4) is 0 Å². The fourth-order valence-corrected chi connectivity index (χ4v) is 1.49. The van der Waals surface area contributed by atoms with E-state index in [4.69, 9.17) is 5.11 Å². The van der Waals surface area contributed by atoms with Gasteiger partial charge in [0.25, 0.3) is 0 Å². The lowest BCUT2D eigenvalue weighted by molar-refractivity contribution is -0.136. The molecule has 0 rings (SSSR count). The van der Waals surface area contributed by atoms with Crippen molar-refractivity contribution in [2.75, 3.05) is 12.8 Å². The Kier molecular flexibility index (Phi) is 5.53. The maximum absolute atomic E-state index is 10.7. The van der Waals surface area contributed by atoms with Gasteiger partial charge in [0.1, 0.15) is 5.25 Å². The van der Waals surface area contributed by atoms with Crippen LogP contribution in [0.15, 0.2) is 0 Å². The fourth-order valence-electron chi connectivity index (χ4n) is 0.612. The molecular weight excluding hydrogens is 178 g/mol. The number of carboxylic acids is 1. The molecule has 0 aliphatic rings. The monoisotopic (exact) mass is 191 g/mol. The smallest absolute Gasteiger partial charge is 0.316 e. The Morgan fingerprint density at radius 1 is 1.58 bits per heavy atom. The van der Waals surface area contributed by atoms with E-state index in [1.165, 1.54) is 7.05 Å². The first-order valence-electron chi connectivity index (χ1n) is 3.66. The second-order valence-electron chi connectivity index (χ2n) is 2.22. The molecule has 0 aliphatic carbocycles. The molecule has 0 spiro atoms. The third kappa shape index (κ3) is 4.23. The first-order valence-corrected chi connectivity index (χ1v) is 4.71. The number of carbonyl (C=O) groups excluding carboxylic acids is 1. The highest BCUT2D eigenvalue weighted by atomic mass is 32.2. The molecule has 2 N–H and O–H groups in total. The Morgan fingerprint density at radius 2 is 2.17 bits per heavy atom. The Bertz CT molecular complexity index is 172. The maximum Gasteiger partial charge on any atom is 0.316 e. The summed E-state index contributed by atoms with van der Waals surface area (Å²) in [5.74, 6) is -0.785. The van der Waals surface area contributed by atoms with E-state index in [9.17, 15) is 9.59 Å². The summed E-state index contributed by atoms with van der Waals surface area (Å²) in [7, 11) is 1.53. The quantitative estimate of drug-likeness (QED) is 0.657. The van der Waals surface area contributed by atoms with Crippen LogP contribution in [-0.2, 0) is 9.59 Å². The molecular formula is C7H13NO3S. The zero-order valence-electron chi connectivity index (χ0n) is 7.16. The summed E-state index contributed by atoms with van der Waals surface area (Å²) < 4.78 is 0. The van der Waals surface area contributed by atoms with E-state index in [0.717, 1.165) is 11.8 Å². The molecule has 0 aliphatic heterocycles. The van der Waals surface area contributed by atoms with Crippen LogP contribution in [0.1, 0.15) is 13.3 Å². The van der Waals surface area contributed by atoms with E-state index in [-0.39, 0.29) is 11.7 Å². The van der Waals surface area contributed by atoms with Gasteiger partial charge in [0.15, 0.2) is 0 Å². The van der Waals surface area contributed by atoms with Crippen LogP contribution in [0.2, 0.25) is 0 Å². The van der Waals surface area contributed by atoms with Gasteiger partial charge in [0, 0.05) is 7.05 Å². The molecule has 0 fully saturated rings. The van der Waals surface area contributed by atoms with Crippen LogP contribution >= 0.6 is 11.8 Å². The number of aliphatic carboxylic acids is 1. The van der Waals surface area contributed by atoms with Gasteiger partial charge >= 0.3 is 5.97 Å². The topological polar surface area (TPSA) is 66.4 Å². The molecule has 0 heterocycles. The highest BCUT2D eigenvalue weighted by Gasteiger charge is 2.16. The molecule has 0 bridgehead atoms. The molecule has 1 unspecified atom stereocenters. The van der Waals surface area contributed by atoms with Gasteiger partial charge in [-0.1, -0.05) is 6.92 Å². The molecule has 5 heteroatoms. The van der Waals surface area contributed by atoms with E-state index in [1.54, 1.807) is 6.92 Å². The molecule has 1 atom stereocenters. The summed E-state index contributed by atoms with van der Waals surface area (Å²) in [6.45, 7) is 1.79. The second kappa shape index (κ2) is 5.88. The van der Waals surface area contributed by atoms with Crippen LogP contribution in [0.25, 0.3) is 0 Å². The number of rotatable bonds is 5. The summed E-state index contributed by atoms with van der Waals surface area (Å²) in [6, 6.07) is 0. The van der Waals surface area contributed by atoms with E-state index >= 15 is 0 Å². The second-order valence-corrected chi connectivity index (χ2v) is 3.41. The predicted molar refractivity (Wildman–Crippen MR) is 48.2 cm³/mol. The average Bonchev–Trinajstić information content (AvgIpc) is 2.04. The summed E-state index contributed by atoms with van der Waals surface area (Å²) in [5.41, 5.74) is 0. The normalized spacial score (nSPS) is 12.2. The van der Waals surface area contributed by atoms with Crippen molar-refractivity contribution in [2.45, 2.75) is 18.6 Å². The van der Waals surface area contributed by atoms with Crippen molar-refractivity contribution >= 4 is 23.6 Å². The zero-order valence-corrected chi connectivity index (χ0v) is 7.98. The Hall–Kier alpha value is -0.710. The number of amides is 1. The van der Waals surface area contributed by atoms with E-state index in [2.05, 4.69) is 5.32 Å². The predicted octanol–water partition coefficient (Wildman–Crippen LogP) is 0.329. The molecule has 0 aromatic heterocycles. The van der Waals surface area contributed by atoms with Gasteiger partial charge in [-0.05, 0) is 6.42 Å². The molecule has 70 valence electrons. The summed E-state index contributed by atoms with van der Waals surface area (Å²) in [4.78, 5) is 21.2. The van der Waals surface area contributed by atoms with Crippen LogP contribution < -0.4 is 5.32 Å². The standard InChI is InChI=1S/C7H13NO3S/c1-3-5(7(10)11)12-4-6(9)8-2/h5H,3-4H2,1-2H3,(H,8,9)(H,10,11). The van der Waals surface area contributed by atoms with Crippen molar-refractivity contribution in [1.29, 1.82) is 0 Å². The van der Waals surface area contributed by atoms with Gasteiger partial charge in [-0.3, -0.25) is 9.59 Å². The lowest BCUT2D eigenvalue weighted by atomic mass is 10.3. The van der Waals surface area contributed by atoms with Crippen molar-refractivity contribution in [3.63, 3.8) is 0 Å². The largest absolute Gasteiger partial charge is 0.480 e. The Labute approximate surface area is 75.7 Å². The van der Waals surface area contributed by atoms with Gasteiger partial charge in [0.05, 0.1) is 5.75 Å². The van der Waals surface area contributed by atoms with Crippen LogP contribution in [0.4, 0.5) is 0 Å². The number of thioether (sulfide) groups is 1. The van der Waals surface area contributed by atoms with E-state index in [0.29, 0.717) is 6.42 Å². The van der Waals surface area contributed by atoms with Crippen molar-refractivity contribution in [3.05, 3.63) is 0 Å². The van der Waals surface area contributed by atoms with Crippen molar-refractivity contribution in [3.8, 4) is 0 Å². The van der Waals surface area contributed by atoms with Crippen molar-refractivity contribution in [1.82, 2.24) is 5.32 Å². The van der Waals surface area contributed by atoms with Gasteiger partial charge < -0.3 is 10.4 Å². The van der Waals surface area contributed by atoms with Crippen molar-refractivity contribution < 1.29 is 14.7 Å². The minimum absolute atomic E-state index is 0.139. The zero-order chi connectivity index (χ0) is 9.56. The number of nitrogens with one attached hydrogen (secondary N) is 1. The molecule has 0 aromatic rings. The molecule has 0 aromatic carbocycles. The molecule has 12 heavy (non-hydrogen) atoms. The molecule has 0 radical (unpaired) electrons. The number of hydrogen-bond donors (Lipinski definition) is 2. The van der Waals surface area contributed by atoms with Crippen LogP contribution in [-0.4, -0.2) is 35.0 Å². The molecule has 0 saturated carbocycles. The Morgan fingerprint density at radius 3 is 2.50 bits per heavy atom. The highest BCUT2D eigenvalue weighted by molar-refractivity contribution is 8.01. The van der Waals surface area contributed by atoms with Gasteiger partial charge in [0.2, 0.25) is 5.91 Å². The van der Waals surface area contributed by atoms with Gasteiger partial charge in [-0.2, -0.15) is 0 Å². The number of carboxylic acid groups (broad SMARTS) is 1. The number of carbonyl (C=O) groups is 2. The third-order valence-corrected chi connectivity index (χ3v) is 2.71. The molecule has 1 amide bonds. The molecule has 0 saturated heterocycles. The van der Waals surface area contributed by atoms with Gasteiger partial charge in [-0.15, -0.1) is 11.8 Å². The van der Waals surface area contributed by atoms with Crippen LogP contribution in [0.5, 0.6) is 0 Å². The third-order valence-electron chi connectivity index (χ3n) is 1.34. The van der Waals surface area contributed by atoms with E-state index in [1.807, 2.05) is 0 Å². The SMILES string of the molecule is CCC(SCC(=O)NC)C(=O)O. The summed E-state index contributed by atoms with van der Waals surface area (Å²) in [6.07, 6.45) is 0.539. The summed E-state index contributed by atoms with van der Waals surface area (Å²) >= 11 is 1.15. The summed E-state index contributed by atoms with van der Waals surface area (Å²) in [5, 5.41) is 10.6. The Balaban J connectivity index is 3.73. The lowest BCUT2D eigenvalue weighted by Gasteiger charge is -2.07. The lowest BCUT2D eigenvalue weighted by Crippen LogP contribution is -2.23. The first-order chi connectivity index (χ1) is 5.61. The molecule has 4 nitrogen and oxygen atoms in total. The van der Waals surface area contributed by atoms with Crippen LogP contribution in [0, 0.1) is 0 Å². The fraction of sp³-hybridized carbons (Fsp3) is 0.714. The average molecular weight is 191 g/mol.